The quantitative estimate of drug-likeness (QED) is 0.279. The van der Waals surface area contributed by atoms with Gasteiger partial charge in [0.25, 0.3) is 0 Å². The molecule has 6 nitrogen and oxygen atoms in total. The van der Waals surface area contributed by atoms with Crippen LogP contribution >= 0.6 is 12.6 Å². The van der Waals surface area contributed by atoms with Crippen LogP contribution < -0.4 is 10.6 Å². The maximum atomic E-state index is 14.3. The second-order valence-electron chi connectivity index (χ2n) is 9.65. The molecular formula is C29H39FN4O2S. The molecule has 2 atom stereocenters. The summed E-state index contributed by atoms with van der Waals surface area (Å²) in [6, 6.07) is 9.46. The third-order valence-corrected chi connectivity index (χ3v) is 7.36. The molecule has 1 fully saturated rings. The zero-order valence-electron chi connectivity index (χ0n) is 22.0. The molecule has 200 valence electrons. The predicted octanol–water partition coefficient (Wildman–Crippen LogP) is 5.19. The minimum atomic E-state index is -0.551. The molecule has 2 aromatic rings. The summed E-state index contributed by atoms with van der Waals surface area (Å²) in [7, 11) is 1.73. The highest BCUT2D eigenvalue weighted by molar-refractivity contribution is 7.83. The van der Waals surface area contributed by atoms with E-state index in [2.05, 4.69) is 28.3 Å². The van der Waals surface area contributed by atoms with Crippen molar-refractivity contribution in [2.24, 2.45) is 10.9 Å². The summed E-state index contributed by atoms with van der Waals surface area (Å²) < 4.78 is 14.3. The van der Waals surface area contributed by atoms with E-state index in [0.717, 1.165) is 43.1 Å². The van der Waals surface area contributed by atoms with Crippen molar-refractivity contribution in [3.05, 3.63) is 53.2 Å². The van der Waals surface area contributed by atoms with Crippen molar-refractivity contribution in [1.29, 1.82) is 0 Å². The van der Waals surface area contributed by atoms with Crippen LogP contribution in [0.15, 0.2) is 46.8 Å². The van der Waals surface area contributed by atoms with E-state index in [1.165, 1.54) is 12.5 Å². The van der Waals surface area contributed by atoms with E-state index in [1.807, 2.05) is 19.1 Å². The first-order valence-electron chi connectivity index (χ1n) is 13.2. The first kappa shape index (κ1) is 28.9. The number of hydrogen-bond acceptors (Lipinski definition) is 5. The third-order valence-electron chi connectivity index (χ3n) is 7.12. The van der Waals surface area contributed by atoms with Gasteiger partial charge in [-0.1, -0.05) is 50.5 Å². The van der Waals surface area contributed by atoms with Crippen LogP contribution in [0.5, 0.6) is 0 Å². The molecule has 0 aliphatic heterocycles. The van der Waals surface area contributed by atoms with Crippen LogP contribution in [0.4, 0.5) is 4.39 Å². The number of halogens is 1. The number of aliphatic imine (C=N–C) groups is 1. The lowest BCUT2D eigenvalue weighted by atomic mass is 9.83. The van der Waals surface area contributed by atoms with Gasteiger partial charge in [0.05, 0.1) is 18.3 Å². The van der Waals surface area contributed by atoms with Crippen LogP contribution in [0.2, 0.25) is 0 Å². The molecule has 37 heavy (non-hydrogen) atoms. The highest BCUT2D eigenvalue weighted by atomic mass is 32.1. The summed E-state index contributed by atoms with van der Waals surface area (Å²) in [6.45, 7) is 4.68. The number of rotatable bonds is 11. The lowest BCUT2D eigenvalue weighted by Crippen LogP contribution is -2.56. The fraction of sp³-hybridized carbons (Fsp3) is 0.483. The molecule has 1 aliphatic rings. The second kappa shape index (κ2) is 14.3. The Bertz CT molecular complexity index is 1130. The van der Waals surface area contributed by atoms with E-state index >= 15 is 0 Å². The fourth-order valence-corrected chi connectivity index (χ4v) is 5.12. The van der Waals surface area contributed by atoms with Crippen LogP contribution in [0.25, 0.3) is 16.5 Å². The Balaban J connectivity index is 1.81. The van der Waals surface area contributed by atoms with Crippen LogP contribution in [-0.4, -0.2) is 55.1 Å². The molecule has 2 amide bonds. The van der Waals surface area contributed by atoms with E-state index in [-0.39, 0.29) is 29.6 Å². The molecule has 1 aliphatic carbocycles. The predicted molar refractivity (Wildman–Crippen MR) is 153 cm³/mol. The fourth-order valence-electron chi connectivity index (χ4n) is 4.91. The van der Waals surface area contributed by atoms with Gasteiger partial charge in [-0.25, -0.2) is 4.39 Å². The van der Waals surface area contributed by atoms with E-state index in [9.17, 15) is 14.0 Å². The Morgan fingerprint density at radius 1 is 1.16 bits per heavy atom. The van der Waals surface area contributed by atoms with Gasteiger partial charge in [-0.15, -0.1) is 12.6 Å². The summed E-state index contributed by atoms with van der Waals surface area (Å²) in [5.74, 6) is -0.394. The first-order valence-corrected chi connectivity index (χ1v) is 13.7. The number of carbonyl (C=O) groups is 2. The van der Waals surface area contributed by atoms with Gasteiger partial charge >= 0.3 is 0 Å². The van der Waals surface area contributed by atoms with Gasteiger partial charge in [0.1, 0.15) is 11.9 Å². The number of thiol groups is 1. The topological polar surface area (TPSA) is 73.8 Å². The number of likely N-dealkylation sites (N-methyl/N-ethyl adjacent to an activating group) is 1. The molecule has 2 aromatic carbocycles. The molecule has 0 bridgehead atoms. The standard InChI is InChI=1S/C29H39FN4O2S/c1-4-17-34(29(36)27(21-10-6-5-7-11-21)33-28(35)20(2)31-3)18-16-32-26(19-37)24-14-15-25(30)23-13-9-8-12-22(23)24/h8-9,12-16,19-21,27,31,37H,4-7,10-11,17-18H2,1-3H3,(H,33,35)/b26-19-,32-16?/t20-,27?/m0/s1. The number of carbonyl (C=O) groups excluding carboxylic acids is 2. The van der Waals surface area contributed by atoms with Gasteiger partial charge in [0.2, 0.25) is 11.8 Å². The molecule has 0 spiro atoms. The zero-order chi connectivity index (χ0) is 26.8. The monoisotopic (exact) mass is 526 g/mol. The molecule has 3 rings (SSSR count). The van der Waals surface area contributed by atoms with Crippen LogP contribution in [0.1, 0.15) is 57.9 Å². The normalized spacial score (nSPS) is 16.6. The number of nitrogens with one attached hydrogen (secondary N) is 2. The van der Waals surface area contributed by atoms with Crippen LogP contribution in [0.3, 0.4) is 0 Å². The number of benzene rings is 2. The molecular weight excluding hydrogens is 487 g/mol. The third kappa shape index (κ3) is 7.42. The average Bonchev–Trinajstić information content (AvgIpc) is 2.93. The van der Waals surface area contributed by atoms with Crippen molar-refractivity contribution >= 4 is 47.1 Å². The number of nitrogens with zero attached hydrogens (tertiary/aromatic N) is 2. The second-order valence-corrected chi connectivity index (χ2v) is 9.90. The molecule has 8 heteroatoms. The van der Waals surface area contributed by atoms with Crippen LogP contribution in [0, 0.1) is 11.7 Å². The van der Waals surface area contributed by atoms with Crippen molar-refractivity contribution in [1.82, 2.24) is 15.5 Å². The molecule has 1 saturated carbocycles. The van der Waals surface area contributed by atoms with Gasteiger partial charge < -0.3 is 15.5 Å². The summed E-state index contributed by atoms with van der Waals surface area (Å²) in [6.07, 6.45) is 7.66. The Morgan fingerprint density at radius 3 is 2.51 bits per heavy atom. The number of amides is 2. The van der Waals surface area contributed by atoms with Crippen molar-refractivity contribution < 1.29 is 14.0 Å². The van der Waals surface area contributed by atoms with Crippen LogP contribution in [-0.2, 0) is 9.59 Å². The van der Waals surface area contributed by atoms with E-state index < -0.39 is 6.04 Å². The molecule has 0 aromatic heterocycles. The Kier molecular flexibility index (Phi) is 11.1. The SMILES string of the molecule is CCCN(CC=N/C(=C\S)c1ccc(F)c2ccccc12)C(=O)C(NC(=O)[C@H](C)NC)C1CCCCC1. The van der Waals surface area contributed by atoms with Gasteiger partial charge in [-0.3, -0.25) is 14.6 Å². The average molecular weight is 527 g/mol. The van der Waals surface area contributed by atoms with Gasteiger partial charge in [-0.2, -0.15) is 0 Å². The van der Waals surface area contributed by atoms with Crippen molar-refractivity contribution in [3.63, 3.8) is 0 Å². The van der Waals surface area contributed by atoms with E-state index in [4.69, 9.17) is 0 Å². The molecule has 0 heterocycles. The maximum absolute atomic E-state index is 14.3. The molecule has 1 unspecified atom stereocenters. The number of fused-ring (bicyclic) bond motifs is 1. The smallest absolute Gasteiger partial charge is 0.245 e. The van der Waals surface area contributed by atoms with Crippen molar-refractivity contribution in [2.75, 3.05) is 20.1 Å². The Hall–Kier alpha value is -2.71. The molecule has 0 saturated heterocycles. The summed E-state index contributed by atoms with van der Waals surface area (Å²) in [5.41, 5.74) is 1.36. The van der Waals surface area contributed by atoms with Gasteiger partial charge in [-0.05, 0) is 62.1 Å². The maximum Gasteiger partial charge on any atom is 0.245 e. The lowest BCUT2D eigenvalue weighted by Gasteiger charge is -2.34. The van der Waals surface area contributed by atoms with Crippen molar-refractivity contribution in [3.8, 4) is 0 Å². The van der Waals surface area contributed by atoms with Gasteiger partial charge in [0, 0.05) is 23.7 Å². The van der Waals surface area contributed by atoms with Crippen molar-refractivity contribution in [2.45, 2.75) is 64.5 Å². The summed E-state index contributed by atoms with van der Waals surface area (Å²) in [5, 5.41) is 8.86. The Labute approximate surface area is 225 Å². The summed E-state index contributed by atoms with van der Waals surface area (Å²) >= 11 is 4.35. The van der Waals surface area contributed by atoms with E-state index in [0.29, 0.717) is 24.2 Å². The van der Waals surface area contributed by atoms with E-state index in [1.54, 1.807) is 48.7 Å². The molecule has 0 radical (unpaired) electrons. The highest BCUT2D eigenvalue weighted by Crippen LogP contribution is 2.29. The minimum Gasteiger partial charge on any atom is -0.343 e. The number of hydrogen-bond donors (Lipinski definition) is 3. The zero-order valence-corrected chi connectivity index (χ0v) is 22.9. The largest absolute Gasteiger partial charge is 0.343 e. The highest BCUT2D eigenvalue weighted by Gasteiger charge is 2.34. The summed E-state index contributed by atoms with van der Waals surface area (Å²) in [4.78, 5) is 32.9. The lowest BCUT2D eigenvalue weighted by molar-refractivity contribution is -0.138. The van der Waals surface area contributed by atoms with Gasteiger partial charge in [0.15, 0.2) is 0 Å². The first-order chi connectivity index (χ1) is 17.9. The Morgan fingerprint density at radius 2 is 1.86 bits per heavy atom. The minimum absolute atomic E-state index is 0.0690. The molecule has 2 N–H and O–H groups in total.